The van der Waals surface area contributed by atoms with Crippen molar-refractivity contribution in [1.29, 1.82) is 0 Å². The van der Waals surface area contributed by atoms with Gasteiger partial charge in [0.1, 0.15) is 5.75 Å². The normalized spacial score (nSPS) is 15.3. The van der Waals surface area contributed by atoms with Crippen molar-refractivity contribution in [3.8, 4) is 11.5 Å². The Bertz CT molecular complexity index is 1120. The van der Waals surface area contributed by atoms with Gasteiger partial charge in [0.2, 0.25) is 5.91 Å². The molecule has 2 N–H and O–H groups in total. The number of amides is 1. The number of benzene rings is 2. The summed E-state index contributed by atoms with van der Waals surface area (Å²) in [6, 6.07) is 12.7. The van der Waals surface area contributed by atoms with Crippen molar-refractivity contribution in [2.45, 2.75) is 19.8 Å². The molecule has 0 aliphatic carbocycles. The number of piperidine rings is 1. The van der Waals surface area contributed by atoms with E-state index in [4.69, 9.17) is 4.74 Å². The molecule has 0 unspecified atom stereocenters. The van der Waals surface area contributed by atoms with E-state index in [1.54, 1.807) is 24.3 Å². The van der Waals surface area contributed by atoms with E-state index in [2.05, 4.69) is 22.1 Å². The molecule has 2 aromatic carbocycles. The molecule has 1 fully saturated rings. The molecule has 1 saturated heterocycles. The smallest absolute Gasteiger partial charge is 0.252 e. The van der Waals surface area contributed by atoms with Crippen LogP contribution in [0, 0.1) is 11.7 Å². The molecular formula is C23H24FN3O3. The quantitative estimate of drug-likeness (QED) is 0.665. The topological polar surface area (TPSA) is 74.4 Å². The molecule has 0 atom stereocenters. The summed E-state index contributed by atoms with van der Waals surface area (Å²) in [4.78, 5) is 29.0. The highest BCUT2D eigenvalue weighted by molar-refractivity contribution is 5.92. The van der Waals surface area contributed by atoms with Crippen LogP contribution in [0.15, 0.2) is 53.3 Å². The van der Waals surface area contributed by atoms with Crippen molar-refractivity contribution in [2.75, 3.05) is 25.0 Å². The second-order valence-corrected chi connectivity index (χ2v) is 7.80. The first kappa shape index (κ1) is 20.1. The van der Waals surface area contributed by atoms with Crippen molar-refractivity contribution in [3.05, 3.63) is 64.7 Å². The van der Waals surface area contributed by atoms with Crippen LogP contribution in [0.25, 0.3) is 10.9 Å². The summed E-state index contributed by atoms with van der Waals surface area (Å²) >= 11 is 0. The number of carbonyl (C=O) groups is 1. The molecule has 1 amide bonds. The van der Waals surface area contributed by atoms with Gasteiger partial charge in [0.15, 0.2) is 11.6 Å². The fraction of sp³-hybridized carbons (Fsp3) is 0.304. The Labute approximate surface area is 173 Å². The highest BCUT2D eigenvalue weighted by Gasteiger charge is 2.18. The molecule has 0 saturated carbocycles. The Morgan fingerprint density at radius 2 is 1.93 bits per heavy atom. The van der Waals surface area contributed by atoms with E-state index in [1.165, 1.54) is 18.2 Å². The number of likely N-dealkylation sites (tertiary alicyclic amines) is 1. The lowest BCUT2D eigenvalue weighted by Gasteiger charge is -2.29. The number of carbonyl (C=O) groups excluding carboxylic acids is 1. The minimum Gasteiger partial charge on any atom is -0.453 e. The fourth-order valence-electron chi connectivity index (χ4n) is 3.66. The van der Waals surface area contributed by atoms with Gasteiger partial charge in [0.05, 0.1) is 12.1 Å². The predicted octanol–water partition coefficient (Wildman–Crippen LogP) is 4.13. The van der Waals surface area contributed by atoms with Gasteiger partial charge in [-0.05, 0) is 56.1 Å². The Kier molecular flexibility index (Phi) is 5.81. The van der Waals surface area contributed by atoms with Crippen LogP contribution in [-0.4, -0.2) is 35.4 Å². The van der Waals surface area contributed by atoms with Crippen LogP contribution >= 0.6 is 0 Å². The zero-order valence-electron chi connectivity index (χ0n) is 16.8. The average Bonchev–Trinajstić information content (AvgIpc) is 2.71. The maximum absolute atomic E-state index is 14.6. The van der Waals surface area contributed by atoms with Crippen molar-refractivity contribution in [1.82, 2.24) is 9.88 Å². The lowest BCUT2D eigenvalue weighted by molar-refractivity contribution is -0.117. The number of aromatic nitrogens is 1. The van der Waals surface area contributed by atoms with Crippen LogP contribution in [0.5, 0.6) is 11.5 Å². The Hall–Kier alpha value is -3.19. The van der Waals surface area contributed by atoms with E-state index in [0.717, 1.165) is 25.9 Å². The average molecular weight is 409 g/mol. The van der Waals surface area contributed by atoms with E-state index >= 15 is 0 Å². The maximum Gasteiger partial charge on any atom is 0.252 e. The summed E-state index contributed by atoms with van der Waals surface area (Å²) < 4.78 is 20.3. The Morgan fingerprint density at radius 1 is 1.17 bits per heavy atom. The molecule has 0 bridgehead atoms. The lowest BCUT2D eigenvalue weighted by atomic mass is 9.99. The zero-order valence-corrected chi connectivity index (χ0v) is 16.8. The van der Waals surface area contributed by atoms with E-state index in [9.17, 15) is 14.0 Å². The summed E-state index contributed by atoms with van der Waals surface area (Å²) in [6.45, 7) is 4.32. The third kappa shape index (κ3) is 4.68. The standard InChI is InChI=1S/C23H24FN3O3/c1-15-8-10-27(11-9-15)14-23(29)25-16-6-7-20(18(24)12-16)30-21-13-22(28)26-19-5-3-2-4-17(19)21/h2-7,12-13,15H,8-11,14H2,1H3,(H,25,29)(H,26,28). The summed E-state index contributed by atoms with van der Waals surface area (Å²) in [5.74, 6) is 0.156. The summed E-state index contributed by atoms with van der Waals surface area (Å²) in [5, 5.41) is 3.41. The molecule has 1 aliphatic rings. The van der Waals surface area contributed by atoms with Crippen molar-refractivity contribution in [2.24, 2.45) is 5.92 Å². The van der Waals surface area contributed by atoms with E-state index in [1.807, 2.05) is 6.07 Å². The second-order valence-electron chi connectivity index (χ2n) is 7.80. The number of para-hydroxylation sites is 1. The van der Waals surface area contributed by atoms with Gasteiger partial charge in [-0.2, -0.15) is 0 Å². The molecule has 0 radical (unpaired) electrons. The van der Waals surface area contributed by atoms with Crippen LogP contribution in [0.2, 0.25) is 0 Å². The number of pyridine rings is 1. The number of ether oxygens (including phenoxy) is 1. The first-order valence-corrected chi connectivity index (χ1v) is 10.1. The summed E-state index contributed by atoms with van der Waals surface area (Å²) in [7, 11) is 0. The van der Waals surface area contributed by atoms with Gasteiger partial charge >= 0.3 is 0 Å². The van der Waals surface area contributed by atoms with E-state index in [0.29, 0.717) is 29.1 Å². The molecule has 7 heteroatoms. The van der Waals surface area contributed by atoms with Gasteiger partial charge in [0.25, 0.3) is 5.56 Å². The minimum atomic E-state index is -0.621. The number of nitrogens with one attached hydrogen (secondary N) is 2. The Balaban J connectivity index is 1.45. The third-order valence-corrected chi connectivity index (χ3v) is 5.39. The van der Waals surface area contributed by atoms with Gasteiger partial charge in [-0.3, -0.25) is 14.5 Å². The molecule has 4 rings (SSSR count). The highest BCUT2D eigenvalue weighted by Crippen LogP contribution is 2.30. The molecular weight excluding hydrogens is 385 g/mol. The van der Waals surface area contributed by atoms with Gasteiger partial charge in [-0.15, -0.1) is 0 Å². The largest absolute Gasteiger partial charge is 0.453 e. The highest BCUT2D eigenvalue weighted by atomic mass is 19.1. The number of halogens is 1. The van der Waals surface area contributed by atoms with Gasteiger partial charge in [-0.1, -0.05) is 19.1 Å². The van der Waals surface area contributed by atoms with Crippen LogP contribution in [0.4, 0.5) is 10.1 Å². The molecule has 2 heterocycles. The number of rotatable bonds is 5. The fourth-order valence-corrected chi connectivity index (χ4v) is 3.66. The van der Waals surface area contributed by atoms with E-state index < -0.39 is 5.82 Å². The number of H-pyrrole nitrogens is 1. The van der Waals surface area contributed by atoms with Crippen LogP contribution < -0.4 is 15.6 Å². The molecule has 156 valence electrons. The summed E-state index contributed by atoms with van der Waals surface area (Å²) in [6.07, 6.45) is 2.18. The van der Waals surface area contributed by atoms with Crippen molar-refractivity contribution < 1.29 is 13.9 Å². The molecule has 1 aromatic heterocycles. The number of anilines is 1. The van der Waals surface area contributed by atoms with Gasteiger partial charge < -0.3 is 15.0 Å². The maximum atomic E-state index is 14.6. The van der Waals surface area contributed by atoms with Gasteiger partial charge in [0, 0.05) is 23.2 Å². The molecule has 6 nitrogen and oxygen atoms in total. The molecule has 1 aliphatic heterocycles. The predicted molar refractivity (Wildman–Crippen MR) is 115 cm³/mol. The van der Waals surface area contributed by atoms with Crippen LogP contribution in [0.1, 0.15) is 19.8 Å². The number of hydrogen-bond donors (Lipinski definition) is 2. The number of nitrogens with zero attached hydrogens (tertiary/aromatic N) is 1. The Morgan fingerprint density at radius 3 is 2.70 bits per heavy atom. The first-order chi connectivity index (χ1) is 14.5. The van der Waals surface area contributed by atoms with Crippen LogP contribution in [0.3, 0.4) is 0 Å². The SMILES string of the molecule is CC1CCN(CC(=O)Nc2ccc(Oc3cc(=O)[nH]c4ccccc34)c(F)c2)CC1. The number of aromatic amines is 1. The monoisotopic (exact) mass is 409 g/mol. The molecule has 0 spiro atoms. The van der Waals surface area contributed by atoms with E-state index in [-0.39, 0.29) is 23.0 Å². The minimum absolute atomic E-state index is 0.0197. The van der Waals surface area contributed by atoms with Crippen LogP contribution in [-0.2, 0) is 4.79 Å². The molecule has 30 heavy (non-hydrogen) atoms. The second kappa shape index (κ2) is 8.67. The zero-order chi connectivity index (χ0) is 21.1. The van der Waals surface area contributed by atoms with Crippen molar-refractivity contribution in [3.63, 3.8) is 0 Å². The molecule has 3 aromatic rings. The number of hydrogen-bond acceptors (Lipinski definition) is 4. The number of fused-ring (bicyclic) bond motifs is 1. The van der Waals surface area contributed by atoms with Crippen molar-refractivity contribution >= 4 is 22.5 Å². The summed E-state index contributed by atoms with van der Waals surface area (Å²) in [5.41, 5.74) is 0.641. The van der Waals surface area contributed by atoms with Gasteiger partial charge in [-0.25, -0.2) is 4.39 Å². The lowest BCUT2D eigenvalue weighted by Crippen LogP contribution is -2.38. The first-order valence-electron chi connectivity index (χ1n) is 10.1. The third-order valence-electron chi connectivity index (χ3n) is 5.39.